The number of carbonyl (C=O) groups is 2. The van der Waals surface area contributed by atoms with E-state index in [9.17, 15) is 9.59 Å². The van der Waals surface area contributed by atoms with Crippen LogP contribution in [0.2, 0.25) is 0 Å². The number of hydrogen-bond donors (Lipinski definition) is 1. The van der Waals surface area contributed by atoms with Gasteiger partial charge in [0.25, 0.3) is 5.91 Å². The Morgan fingerprint density at radius 3 is 2.39 bits per heavy atom. The van der Waals surface area contributed by atoms with Crippen molar-refractivity contribution in [2.45, 2.75) is 6.92 Å². The summed E-state index contributed by atoms with van der Waals surface area (Å²) >= 11 is 0. The second kappa shape index (κ2) is 8.77. The van der Waals surface area contributed by atoms with Crippen molar-refractivity contribution >= 4 is 29.2 Å². The van der Waals surface area contributed by atoms with Gasteiger partial charge in [-0.15, -0.1) is 0 Å². The largest absolute Gasteiger partial charge is 0.465 e. The number of hydrogen-bond acceptors (Lipinski definition) is 6. The summed E-state index contributed by atoms with van der Waals surface area (Å²) in [7, 11) is 1.33. The van der Waals surface area contributed by atoms with Crippen molar-refractivity contribution in [3.63, 3.8) is 0 Å². The predicted octanol–water partition coefficient (Wildman–Crippen LogP) is 3.67. The van der Waals surface area contributed by atoms with Crippen molar-refractivity contribution in [3.05, 3.63) is 78.1 Å². The third-order valence-electron chi connectivity index (χ3n) is 4.07. The summed E-state index contributed by atoms with van der Waals surface area (Å²) in [4.78, 5) is 34.5. The fourth-order valence-electron chi connectivity index (χ4n) is 2.66. The Morgan fingerprint density at radius 1 is 1.04 bits per heavy atom. The van der Waals surface area contributed by atoms with Crippen molar-refractivity contribution in [3.8, 4) is 0 Å². The van der Waals surface area contributed by atoms with Crippen molar-refractivity contribution in [2.75, 3.05) is 23.9 Å². The van der Waals surface area contributed by atoms with Crippen molar-refractivity contribution in [1.29, 1.82) is 0 Å². The van der Waals surface area contributed by atoms with E-state index >= 15 is 0 Å². The quantitative estimate of drug-likeness (QED) is 0.661. The first-order chi connectivity index (χ1) is 13.6. The van der Waals surface area contributed by atoms with E-state index in [4.69, 9.17) is 0 Å². The van der Waals surface area contributed by atoms with Crippen molar-refractivity contribution < 1.29 is 14.3 Å². The van der Waals surface area contributed by atoms with Crippen LogP contribution in [0.15, 0.2) is 66.9 Å². The van der Waals surface area contributed by atoms with Gasteiger partial charge in [-0.1, -0.05) is 18.2 Å². The highest BCUT2D eigenvalue weighted by Gasteiger charge is 2.18. The zero-order chi connectivity index (χ0) is 19.9. The number of nitrogens with one attached hydrogen (secondary N) is 1. The van der Waals surface area contributed by atoms with Crippen LogP contribution in [-0.2, 0) is 4.74 Å². The maximum absolute atomic E-state index is 12.9. The summed E-state index contributed by atoms with van der Waals surface area (Å²) in [6, 6.07) is 17.7. The Bertz CT molecular complexity index is 959. The fourth-order valence-corrected chi connectivity index (χ4v) is 2.66. The molecule has 0 unspecified atom stereocenters. The van der Waals surface area contributed by atoms with Gasteiger partial charge in [0.1, 0.15) is 5.69 Å². The lowest BCUT2D eigenvalue weighted by Crippen LogP contribution is -2.31. The maximum Gasteiger partial charge on any atom is 0.337 e. The van der Waals surface area contributed by atoms with Crippen LogP contribution < -0.4 is 10.2 Å². The summed E-state index contributed by atoms with van der Waals surface area (Å²) in [5.41, 5.74) is 2.22. The number of ether oxygens (including phenoxy) is 1. The first kappa shape index (κ1) is 19.0. The van der Waals surface area contributed by atoms with Crippen molar-refractivity contribution in [2.24, 2.45) is 0 Å². The van der Waals surface area contributed by atoms with Crippen LogP contribution in [0, 0.1) is 0 Å². The van der Waals surface area contributed by atoms with Gasteiger partial charge in [-0.25, -0.2) is 14.8 Å². The highest BCUT2D eigenvalue weighted by atomic mass is 16.5. The first-order valence-corrected chi connectivity index (χ1v) is 8.77. The van der Waals surface area contributed by atoms with Gasteiger partial charge in [0.2, 0.25) is 5.95 Å². The highest BCUT2D eigenvalue weighted by molar-refractivity contribution is 6.04. The summed E-state index contributed by atoms with van der Waals surface area (Å²) in [5, 5.41) is 3.03. The van der Waals surface area contributed by atoms with Crippen LogP contribution >= 0.6 is 0 Å². The molecule has 0 aliphatic rings. The average molecular weight is 376 g/mol. The molecule has 0 aliphatic carbocycles. The van der Waals surface area contributed by atoms with Crippen LogP contribution in [0.3, 0.4) is 0 Å². The van der Waals surface area contributed by atoms with Crippen LogP contribution in [0.5, 0.6) is 0 Å². The third-order valence-corrected chi connectivity index (χ3v) is 4.07. The second-order valence-electron chi connectivity index (χ2n) is 5.84. The molecule has 28 heavy (non-hydrogen) atoms. The molecular weight excluding hydrogens is 356 g/mol. The smallest absolute Gasteiger partial charge is 0.337 e. The number of esters is 1. The Hall–Kier alpha value is -3.74. The highest BCUT2D eigenvalue weighted by Crippen LogP contribution is 2.18. The molecule has 0 spiro atoms. The third kappa shape index (κ3) is 4.32. The minimum absolute atomic E-state index is 0.208. The molecule has 3 rings (SSSR count). The minimum atomic E-state index is -0.407. The Kier molecular flexibility index (Phi) is 5.96. The Morgan fingerprint density at radius 2 is 1.75 bits per heavy atom. The van der Waals surface area contributed by atoms with E-state index in [-0.39, 0.29) is 11.6 Å². The van der Waals surface area contributed by atoms with Crippen LogP contribution in [0.25, 0.3) is 0 Å². The van der Waals surface area contributed by atoms with Gasteiger partial charge < -0.3 is 15.0 Å². The minimum Gasteiger partial charge on any atom is -0.465 e. The number of nitrogens with zero attached hydrogens (tertiary/aromatic N) is 3. The lowest BCUT2D eigenvalue weighted by atomic mass is 10.2. The van der Waals surface area contributed by atoms with Gasteiger partial charge in [-0.3, -0.25) is 4.79 Å². The van der Waals surface area contributed by atoms with E-state index in [0.29, 0.717) is 23.7 Å². The molecular formula is C21H20N4O3. The predicted molar refractivity (Wildman–Crippen MR) is 107 cm³/mol. The molecule has 7 heteroatoms. The van der Waals surface area contributed by atoms with E-state index < -0.39 is 5.97 Å². The molecule has 0 fully saturated rings. The number of benzene rings is 2. The second-order valence-corrected chi connectivity index (χ2v) is 5.84. The summed E-state index contributed by atoms with van der Waals surface area (Å²) in [6.07, 6.45) is 1.53. The monoisotopic (exact) mass is 376 g/mol. The molecule has 1 aromatic heterocycles. The number of para-hydroxylation sites is 1. The van der Waals surface area contributed by atoms with Gasteiger partial charge in [0, 0.05) is 24.1 Å². The number of amides is 1. The molecule has 0 atom stereocenters. The zero-order valence-corrected chi connectivity index (χ0v) is 15.6. The van der Waals surface area contributed by atoms with Crippen LogP contribution in [0.1, 0.15) is 27.8 Å². The maximum atomic E-state index is 12.9. The first-order valence-electron chi connectivity index (χ1n) is 8.77. The molecule has 3 aromatic rings. The molecule has 142 valence electrons. The molecule has 1 heterocycles. The van der Waals surface area contributed by atoms with E-state index in [1.54, 1.807) is 35.2 Å². The standard InChI is InChI=1S/C21H20N4O3/c1-3-25(17-7-5-4-6-8-17)19(26)18-13-14-22-21(24-18)23-16-11-9-15(10-12-16)20(27)28-2/h4-14H,3H2,1-2H3,(H,22,23,24). The number of aromatic nitrogens is 2. The SMILES string of the molecule is CCN(C(=O)c1ccnc(Nc2ccc(C(=O)OC)cc2)n1)c1ccccc1. The molecule has 0 saturated carbocycles. The molecule has 7 nitrogen and oxygen atoms in total. The molecule has 2 aromatic carbocycles. The van der Waals surface area contributed by atoms with Gasteiger partial charge in [0.15, 0.2) is 0 Å². The van der Waals surface area contributed by atoms with E-state index in [0.717, 1.165) is 5.69 Å². The summed E-state index contributed by atoms with van der Waals surface area (Å²) in [5.74, 6) is -0.322. The topological polar surface area (TPSA) is 84.4 Å². The zero-order valence-electron chi connectivity index (χ0n) is 15.6. The number of anilines is 3. The normalized spacial score (nSPS) is 10.2. The number of methoxy groups -OCH3 is 1. The van der Waals surface area contributed by atoms with E-state index in [1.165, 1.54) is 13.3 Å². The molecule has 1 amide bonds. The molecule has 0 radical (unpaired) electrons. The Labute approximate surface area is 163 Å². The molecule has 0 saturated heterocycles. The molecule has 0 aliphatic heterocycles. The van der Waals surface area contributed by atoms with Crippen molar-refractivity contribution in [1.82, 2.24) is 9.97 Å². The average Bonchev–Trinajstić information content (AvgIpc) is 2.75. The summed E-state index contributed by atoms with van der Waals surface area (Å²) < 4.78 is 4.68. The van der Waals surface area contributed by atoms with Gasteiger partial charge in [0.05, 0.1) is 12.7 Å². The van der Waals surface area contributed by atoms with Gasteiger partial charge in [-0.2, -0.15) is 0 Å². The van der Waals surface area contributed by atoms with E-state index in [2.05, 4.69) is 20.0 Å². The fraction of sp³-hybridized carbons (Fsp3) is 0.143. The van der Waals surface area contributed by atoms with E-state index in [1.807, 2.05) is 37.3 Å². The number of rotatable bonds is 6. The van der Waals surface area contributed by atoms with Crippen LogP contribution in [0.4, 0.5) is 17.3 Å². The lowest BCUT2D eigenvalue weighted by Gasteiger charge is -2.20. The summed E-state index contributed by atoms with van der Waals surface area (Å²) in [6.45, 7) is 2.43. The molecule has 0 bridgehead atoms. The molecule has 1 N–H and O–H groups in total. The van der Waals surface area contributed by atoms with Crippen LogP contribution in [-0.4, -0.2) is 35.5 Å². The van der Waals surface area contributed by atoms with Gasteiger partial charge >= 0.3 is 5.97 Å². The number of carbonyl (C=O) groups excluding carboxylic acids is 2. The van der Waals surface area contributed by atoms with Gasteiger partial charge in [-0.05, 0) is 49.4 Å². The Balaban J connectivity index is 1.78. The lowest BCUT2D eigenvalue weighted by molar-refractivity contribution is 0.0600.